The number of nitrogens with zero attached hydrogens (tertiary/aromatic N) is 4. The summed E-state index contributed by atoms with van der Waals surface area (Å²) in [5.74, 6) is -0.269. The van der Waals surface area contributed by atoms with Gasteiger partial charge in [0.2, 0.25) is 5.91 Å². The normalized spacial score (nSPS) is 11.8. The molecular formula is C17H26N4O3. The van der Waals surface area contributed by atoms with Crippen LogP contribution in [0.25, 0.3) is 0 Å². The van der Waals surface area contributed by atoms with Crippen LogP contribution in [0.4, 0.5) is 0 Å². The van der Waals surface area contributed by atoms with Crippen LogP contribution in [0, 0.1) is 11.3 Å². The maximum Gasteiger partial charge on any atom is 0.331 e. The quantitative estimate of drug-likeness (QED) is 0.717. The van der Waals surface area contributed by atoms with Gasteiger partial charge >= 0.3 is 5.69 Å². The van der Waals surface area contributed by atoms with Crippen LogP contribution in [0.5, 0.6) is 0 Å². The summed E-state index contributed by atoms with van der Waals surface area (Å²) in [4.78, 5) is 39.0. The van der Waals surface area contributed by atoms with Gasteiger partial charge < -0.3 is 4.90 Å². The highest BCUT2D eigenvalue weighted by Gasteiger charge is 2.21. The lowest BCUT2D eigenvalue weighted by molar-refractivity contribution is -0.134. The lowest BCUT2D eigenvalue weighted by atomic mass is 10.2. The van der Waals surface area contributed by atoms with Crippen molar-refractivity contribution in [1.82, 2.24) is 14.0 Å². The van der Waals surface area contributed by atoms with Crippen LogP contribution >= 0.6 is 0 Å². The van der Waals surface area contributed by atoms with Crippen molar-refractivity contribution >= 4 is 5.91 Å². The fourth-order valence-corrected chi connectivity index (χ4v) is 2.46. The van der Waals surface area contributed by atoms with Gasteiger partial charge in [-0.05, 0) is 26.7 Å². The van der Waals surface area contributed by atoms with Gasteiger partial charge in [0.05, 0.1) is 0 Å². The Kier molecular flexibility index (Phi) is 7.43. The molecule has 7 heteroatoms. The second-order valence-corrected chi connectivity index (χ2v) is 5.81. The highest BCUT2D eigenvalue weighted by Crippen LogP contribution is 2.07. The minimum absolute atomic E-state index is 0.0345. The first kappa shape index (κ1) is 19.7. The molecule has 0 saturated heterocycles. The number of hydrogen-bond donors (Lipinski definition) is 0. The maximum absolute atomic E-state index is 12.7. The Morgan fingerprint density at radius 1 is 1.33 bits per heavy atom. The third-order valence-corrected chi connectivity index (χ3v) is 4.19. The molecule has 1 atom stereocenters. The van der Waals surface area contributed by atoms with Crippen molar-refractivity contribution in [3.8, 4) is 6.07 Å². The molecule has 132 valence electrons. The van der Waals surface area contributed by atoms with Crippen molar-refractivity contribution in [2.75, 3.05) is 6.54 Å². The standard InChI is InChI=1S/C17H26N4O3/c1-5-8-9-20(13(4)6-2)15(22)12-21-16(23)14(10-18)11-19(7-3)17(21)24/h11,13H,5-9,12H2,1-4H3/t13-/m1/s1. The molecule has 1 aromatic rings. The number of nitriles is 1. The number of carbonyl (C=O) groups is 1. The minimum atomic E-state index is -0.708. The number of amides is 1. The van der Waals surface area contributed by atoms with Gasteiger partial charge in [-0.3, -0.25) is 14.2 Å². The fraction of sp³-hybridized carbons (Fsp3) is 0.647. The summed E-state index contributed by atoms with van der Waals surface area (Å²) in [6, 6.07) is 1.82. The molecule has 0 radical (unpaired) electrons. The van der Waals surface area contributed by atoms with E-state index in [0.29, 0.717) is 13.1 Å². The van der Waals surface area contributed by atoms with Gasteiger partial charge in [-0.2, -0.15) is 5.26 Å². The summed E-state index contributed by atoms with van der Waals surface area (Å²) in [7, 11) is 0. The molecule has 0 aliphatic rings. The van der Waals surface area contributed by atoms with Crippen molar-refractivity contribution < 1.29 is 4.79 Å². The molecule has 0 saturated carbocycles. The summed E-state index contributed by atoms with van der Waals surface area (Å²) < 4.78 is 2.14. The molecule has 0 unspecified atom stereocenters. The van der Waals surface area contributed by atoms with Gasteiger partial charge in [0.25, 0.3) is 5.56 Å². The molecule has 0 bridgehead atoms. The van der Waals surface area contributed by atoms with E-state index >= 15 is 0 Å². The average molecular weight is 334 g/mol. The first-order chi connectivity index (χ1) is 11.4. The van der Waals surface area contributed by atoms with Crippen LogP contribution in [0.3, 0.4) is 0 Å². The molecule has 1 aromatic heterocycles. The van der Waals surface area contributed by atoms with Crippen LogP contribution < -0.4 is 11.2 Å². The van der Waals surface area contributed by atoms with E-state index in [1.54, 1.807) is 17.9 Å². The Labute approximate surface area is 142 Å². The Morgan fingerprint density at radius 3 is 2.50 bits per heavy atom. The molecular weight excluding hydrogens is 308 g/mol. The average Bonchev–Trinajstić information content (AvgIpc) is 2.58. The Bertz CT molecular complexity index is 727. The second kappa shape index (κ2) is 9.06. The number of hydrogen-bond acceptors (Lipinski definition) is 4. The van der Waals surface area contributed by atoms with Crippen LogP contribution in [0.2, 0.25) is 0 Å². The summed E-state index contributed by atoms with van der Waals surface area (Å²) >= 11 is 0. The number of carbonyl (C=O) groups excluding carboxylic acids is 1. The number of rotatable bonds is 8. The van der Waals surface area contributed by atoms with Gasteiger partial charge in [-0.1, -0.05) is 20.3 Å². The first-order valence-corrected chi connectivity index (χ1v) is 8.44. The molecule has 0 spiro atoms. The van der Waals surface area contributed by atoms with Crippen LogP contribution in [-0.4, -0.2) is 32.5 Å². The van der Waals surface area contributed by atoms with E-state index in [9.17, 15) is 14.4 Å². The van der Waals surface area contributed by atoms with Gasteiger partial charge in [0.1, 0.15) is 18.2 Å². The molecule has 0 aliphatic carbocycles. The van der Waals surface area contributed by atoms with E-state index in [1.165, 1.54) is 10.8 Å². The molecule has 24 heavy (non-hydrogen) atoms. The number of aryl methyl sites for hydroxylation is 1. The smallest absolute Gasteiger partial charge is 0.331 e. The summed E-state index contributed by atoms with van der Waals surface area (Å²) in [5, 5.41) is 9.07. The molecule has 0 aromatic carbocycles. The topological polar surface area (TPSA) is 88.1 Å². The molecule has 0 fully saturated rings. The van der Waals surface area contributed by atoms with E-state index in [1.807, 2.05) is 20.8 Å². The predicted octanol–water partition coefficient (Wildman–Crippen LogP) is 1.33. The van der Waals surface area contributed by atoms with E-state index in [2.05, 4.69) is 0 Å². The van der Waals surface area contributed by atoms with Gasteiger partial charge in [-0.25, -0.2) is 9.36 Å². The lowest BCUT2D eigenvalue weighted by Crippen LogP contribution is -2.47. The van der Waals surface area contributed by atoms with E-state index < -0.39 is 11.2 Å². The molecule has 0 N–H and O–H groups in total. The van der Waals surface area contributed by atoms with Crippen molar-refractivity contribution in [2.24, 2.45) is 0 Å². The Morgan fingerprint density at radius 2 is 2.00 bits per heavy atom. The third-order valence-electron chi connectivity index (χ3n) is 4.19. The molecule has 7 nitrogen and oxygen atoms in total. The molecule has 1 amide bonds. The van der Waals surface area contributed by atoms with E-state index in [4.69, 9.17) is 5.26 Å². The largest absolute Gasteiger partial charge is 0.338 e. The zero-order valence-corrected chi connectivity index (χ0v) is 14.9. The SMILES string of the molecule is CCCCN(C(=O)Cn1c(=O)c(C#N)cn(CC)c1=O)[C@H](C)CC. The van der Waals surface area contributed by atoms with Gasteiger partial charge in [0.15, 0.2) is 0 Å². The monoisotopic (exact) mass is 334 g/mol. The summed E-state index contributed by atoms with van der Waals surface area (Å²) in [5.41, 5.74) is -1.40. The lowest BCUT2D eigenvalue weighted by Gasteiger charge is -2.28. The number of unbranched alkanes of at least 4 members (excludes halogenated alkanes) is 1. The van der Waals surface area contributed by atoms with E-state index in [0.717, 1.165) is 23.8 Å². The molecule has 1 rings (SSSR count). The van der Waals surface area contributed by atoms with Gasteiger partial charge in [0, 0.05) is 25.3 Å². The maximum atomic E-state index is 12.7. The fourth-order valence-electron chi connectivity index (χ4n) is 2.46. The highest BCUT2D eigenvalue weighted by molar-refractivity contribution is 5.76. The minimum Gasteiger partial charge on any atom is -0.338 e. The third kappa shape index (κ3) is 4.34. The van der Waals surface area contributed by atoms with Crippen LogP contribution in [0.1, 0.15) is 52.5 Å². The predicted molar refractivity (Wildman–Crippen MR) is 91.7 cm³/mol. The summed E-state index contributed by atoms with van der Waals surface area (Å²) in [6.45, 7) is 8.31. The first-order valence-electron chi connectivity index (χ1n) is 8.44. The van der Waals surface area contributed by atoms with Crippen LogP contribution in [-0.2, 0) is 17.9 Å². The summed E-state index contributed by atoms with van der Waals surface area (Å²) in [6.07, 6.45) is 3.85. The second-order valence-electron chi connectivity index (χ2n) is 5.81. The molecule has 1 heterocycles. The zero-order chi connectivity index (χ0) is 18.3. The van der Waals surface area contributed by atoms with Crippen molar-refractivity contribution in [2.45, 2.75) is 66.1 Å². The van der Waals surface area contributed by atoms with Crippen molar-refractivity contribution in [3.05, 3.63) is 32.6 Å². The van der Waals surface area contributed by atoms with Gasteiger partial charge in [-0.15, -0.1) is 0 Å². The molecule has 0 aliphatic heterocycles. The number of aromatic nitrogens is 2. The Balaban J connectivity index is 3.23. The highest BCUT2D eigenvalue weighted by atomic mass is 16.2. The van der Waals surface area contributed by atoms with Crippen molar-refractivity contribution in [3.63, 3.8) is 0 Å². The van der Waals surface area contributed by atoms with E-state index in [-0.39, 0.29) is 24.1 Å². The van der Waals surface area contributed by atoms with Crippen molar-refractivity contribution in [1.29, 1.82) is 5.26 Å². The van der Waals surface area contributed by atoms with Crippen LogP contribution in [0.15, 0.2) is 15.8 Å². The zero-order valence-electron chi connectivity index (χ0n) is 14.9. The Hall–Kier alpha value is -2.36.